The van der Waals surface area contributed by atoms with E-state index in [2.05, 4.69) is 10.5 Å². The van der Waals surface area contributed by atoms with Gasteiger partial charge in [0.15, 0.2) is 0 Å². The van der Waals surface area contributed by atoms with E-state index in [1.165, 1.54) is 12.1 Å². The van der Waals surface area contributed by atoms with E-state index in [0.717, 1.165) is 11.1 Å². The zero-order valence-electron chi connectivity index (χ0n) is 10.4. The van der Waals surface area contributed by atoms with Crippen molar-refractivity contribution in [2.45, 2.75) is 20.8 Å². The first-order valence-electron chi connectivity index (χ1n) is 5.49. The molecule has 0 unspecified atom stereocenters. The maximum Gasteiger partial charge on any atom is 0.261 e. The van der Waals surface area contributed by atoms with Gasteiger partial charge in [0.05, 0.1) is 11.3 Å². The minimum atomic E-state index is -0.563. The van der Waals surface area contributed by atoms with Crippen LogP contribution in [0.5, 0.6) is 0 Å². The Morgan fingerprint density at radius 1 is 1.33 bits per heavy atom. The summed E-state index contributed by atoms with van der Waals surface area (Å²) in [6, 6.07) is 4.36. The molecule has 18 heavy (non-hydrogen) atoms. The van der Waals surface area contributed by atoms with Gasteiger partial charge in [-0.05, 0) is 32.9 Å². The molecular weight excluding hydrogens is 235 g/mol. The Morgan fingerprint density at radius 3 is 2.67 bits per heavy atom. The first kappa shape index (κ1) is 12.3. The molecular formula is C13H13FN2O2. The van der Waals surface area contributed by atoms with Crippen LogP contribution in [-0.2, 0) is 0 Å². The first-order chi connectivity index (χ1) is 8.49. The molecule has 0 atom stereocenters. The van der Waals surface area contributed by atoms with E-state index in [-0.39, 0.29) is 11.4 Å². The van der Waals surface area contributed by atoms with Crippen molar-refractivity contribution in [3.8, 4) is 0 Å². The van der Waals surface area contributed by atoms with Crippen molar-refractivity contribution in [2.24, 2.45) is 0 Å². The van der Waals surface area contributed by atoms with Crippen LogP contribution in [0, 0.1) is 26.6 Å². The minimum absolute atomic E-state index is 0.0107. The number of hydrogen-bond donors (Lipinski definition) is 1. The Balaban J connectivity index is 2.27. The average molecular weight is 248 g/mol. The first-order valence-corrected chi connectivity index (χ1v) is 5.49. The van der Waals surface area contributed by atoms with Crippen LogP contribution in [0.25, 0.3) is 0 Å². The lowest BCUT2D eigenvalue weighted by Crippen LogP contribution is -2.14. The summed E-state index contributed by atoms with van der Waals surface area (Å²) in [4.78, 5) is 11.9. The molecule has 4 nitrogen and oxygen atoms in total. The van der Waals surface area contributed by atoms with Crippen LogP contribution in [0.1, 0.15) is 27.2 Å². The van der Waals surface area contributed by atoms with Crippen molar-refractivity contribution < 1.29 is 13.7 Å². The molecule has 0 bridgehead atoms. The van der Waals surface area contributed by atoms with Gasteiger partial charge >= 0.3 is 0 Å². The lowest BCUT2D eigenvalue weighted by atomic mass is 10.1. The van der Waals surface area contributed by atoms with Crippen LogP contribution >= 0.6 is 0 Å². The summed E-state index contributed by atoms with van der Waals surface area (Å²) in [5.41, 5.74) is 2.22. The van der Waals surface area contributed by atoms with E-state index in [4.69, 9.17) is 4.52 Å². The number of nitrogens with one attached hydrogen (secondary N) is 1. The Bertz CT molecular complexity index is 605. The fourth-order valence-electron chi connectivity index (χ4n) is 1.52. The quantitative estimate of drug-likeness (QED) is 0.888. The number of aromatic nitrogens is 1. The molecule has 5 heteroatoms. The maximum atomic E-state index is 13.5. The van der Waals surface area contributed by atoms with Crippen molar-refractivity contribution in [2.75, 3.05) is 5.32 Å². The van der Waals surface area contributed by atoms with Crippen LogP contribution in [-0.4, -0.2) is 11.1 Å². The van der Waals surface area contributed by atoms with Gasteiger partial charge in [0.25, 0.3) is 5.91 Å². The number of rotatable bonds is 2. The third-order valence-electron chi connectivity index (χ3n) is 2.75. The van der Waals surface area contributed by atoms with Crippen LogP contribution in [0.15, 0.2) is 22.7 Å². The number of aryl methyl sites for hydroxylation is 2. The topological polar surface area (TPSA) is 55.1 Å². The summed E-state index contributed by atoms with van der Waals surface area (Å²) >= 11 is 0. The van der Waals surface area contributed by atoms with E-state index >= 15 is 0 Å². The molecule has 0 saturated carbocycles. The van der Waals surface area contributed by atoms with Gasteiger partial charge < -0.3 is 4.52 Å². The number of benzene rings is 1. The summed E-state index contributed by atoms with van der Waals surface area (Å²) in [5, 5.41) is 6.23. The van der Waals surface area contributed by atoms with Gasteiger partial charge in [-0.3, -0.25) is 10.1 Å². The SMILES string of the molecule is Cc1ccc(F)c(C(=O)Nc2onc(C)c2C)c1. The standard InChI is InChI=1S/C13H13FN2O2/c1-7-4-5-11(14)10(6-7)12(17)15-13-8(2)9(3)16-18-13/h4-6H,1-3H3,(H,15,17). The fourth-order valence-corrected chi connectivity index (χ4v) is 1.52. The van der Waals surface area contributed by atoms with E-state index in [0.29, 0.717) is 5.69 Å². The zero-order valence-corrected chi connectivity index (χ0v) is 10.4. The molecule has 0 aliphatic rings. The highest BCUT2D eigenvalue weighted by Crippen LogP contribution is 2.19. The molecule has 0 fully saturated rings. The zero-order chi connectivity index (χ0) is 13.3. The number of nitrogens with zero attached hydrogens (tertiary/aromatic N) is 1. The summed E-state index contributed by atoms with van der Waals surface area (Å²) in [6.45, 7) is 5.33. The molecule has 0 aliphatic carbocycles. The molecule has 0 saturated heterocycles. The second-order valence-corrected chi connectivity index (χ2v) is 4.16. The number of amides is 1. The summed E-state index contributed by atoms with van der Waals surface area (Å²) < 4.78 is 18.5. The third kappa shape index (κ3) is 2.25. The van der Waals surface area contributed by atoms with E-state index in [1.54, 1.807) is 26.8 Å². The average Bonchev–Trinajstić information content (AvgIpc) is 2.64. The molecule has 1 amide bonds. The number of halogens is 1. The van der Waals surface area contributed by atoms with Gasteiger partial charge in [-0.15, -0.1) is 0 Å². The molecule has 0 aliphatic heterocycles. The molecule has 0 radical (unpaired) electrons. The van der Waals surface area contributed by atoms with Crippen molar-refractivity contribution >= 4 is 11.8 Å². The van der Waals surface area contributed by atoms with E-state index in [1.807, 2.05) is 0 Å². The van der Waals surface area contributed by atoms with Gasteiger partial charge in [-0.1, -0.05) is 16.8 Å². The Labute approximate surface area is 104 Å². The number of carbonyl (C=O) groups excluding carboxylic acids is 1. The fraction of sp³-hybridized carbons (Fsp3) is 0.231. The second kappa shape index (κ2) is 4.60. The Morgan fingerprint density at radius 2 is 2.06 bits per heavy atom. The maximum absolute atomic E-state index is 13.5. The predicted molar refractivity (Wildman–Crippen MR) is 65.1 cm³/mol. The van der Waals surface area contributed by atoms with Crippen LogP contribution in [0.3, 0.4) is 0 Å². The minimum Gasteiger partial charge on any atom is -0.338 e. The summed E-state index contributed by atoms with van der Waals surface area (Å²) in [7, 11) is 0. The molecule has 1 N–H and O–H groups in total. The van der Waals surface area contributed by atoms with Gasteiger partial charge in [-0.2, -0.15) is 0 Å². The highest BCUT2D eigenvalue weighted by atomic mass is 19.1. The van der Waals surface area contributed by atoms with Gasteiger partial charge in [0.2, 0.25) is 5.88 Å². The molecule has 1 aromatic heterocycles. The third-order valence-corrected chi connectivity index (χ3v) is 2.75. The molecule has 1 aromatic carbocycles. The Hall–Kier alpha value is -2.17. The molecule has 94 valence electrons. The molecule has 2 aromatic rings. The monoisotopic (exact) mass is 248 g/mol. The van der Waals surface area contributed by atoms with Crippen molar-refractivity contribution in [1.82, 2.24) is 5.16 Å². The van der Waals surface area contributed by atoms with Gasteiger partial charge in [0, 0.05) is 5.56 Å². The number of anilines is 1. The highest BCUT2D eigenvalue weighted by Gasteiger charge is 2.16. The lowest BCUT2D eigenvalue weighted by Gasteiger charge is -2.04. The molecule has 2 rings (SSSR count). The normalized spacial score (nSPS) is 10.4. The van der Waals surface area contributed by atoms with E-state index < -0.39 is 11.7 Å². The highest BCUT2D eigenvalue weighted by molar-refractivity contribution is 6.04. The number of hydrogen-bond acceptors (Lipinski definition) is 3. The van der Waals surface area contributed by atoms with Crippen molar-refractivity contribution in [3.05, 3.63) is 46.4 Å². The summed E-state index contributed by atoms with van der Waals surface area (Å²) in [6.07, 6.45) is 0. The summed E-state index contributed by atoms with van der Waals surface area (Å²) in [5.74, 6) is -0.860. The largest absolute Gasteiger partial charge is 0.338 e. The second-order valence-electron chi connectivity index (χ2n) is 4.16. The van der Waals surface area contributed by atoms with Crippen molar-refractivity contribution in [1.29, 1.82) is 0 Å². The van der Waals surface area contributed by atoms with E-state index in [9.17, 15) is 9.18 Å². The molecule has 0 spiro atoms. The molecule has 1 heterocycles. The number of carbonyl (C=O) groups is 1. The van der Waals surface area contributed by atoms with Crippen LogP contribution in [0.4, 0.5) is 10.3 Å². The smallest absolute Gasteiger partial charge is 0.261 e. The lowest BCUT2D eigenvalue weighted by molar-refractivity contribution is 0.101. The predicted octanol–water partition coefficient (Wildman–Crippen LogP) is 2.99. The Kier molecular flexibility index (Phi) is 3.14. The van der Waals surface area contributed by atoms with Crippen molar-refractivity contribution in [3.63, 3.8) is 0 Å². The van der Waals surface area contributed by atoms with Crippen LogP contribution < -0.4 is 5.32 Å². The van der Waals surface area contributed by atoms with Crippen LogP contribution in [0.2, 0.25) is 0 Å². The van der Waals surface area contributed by atoms with Gasteiger partial charge in [0.1, 0.15) is 5.82 Å². The van der Waals surface area contributed by atoms with Gasteiger partial charge in [-0.25, -0.2) is 4.39 Å².